The fourth-order valence-electron chi connectivity index (χ4n) is 3.28. The molecule has 2 heterocycles. The van der Waals surface area contributed by atoms with Crippen LogP contribution in [0.15, 0.2) is 23.9 Å². The van der Waals surface area contributed by atoms with E-state index in [0.717, 1.165) is 28.3 Å². The fraction of sp³-hybridized carbons (Fsp3) is 0.300. The van der Waals surface area contributed by atoms with E-state index in [-0.39, 0.29) is 5.41 Å². The van der Waals surface area contributed by atoms with Crippen LogP contribution in [0.3, 0.4) is 0 Å². The summed E-state index contributed by atoms with van der Waals surface area (Å²) in [5.41, 5.74) is 9.66. The zero-order valence-corrected chi connectivity index (χ0v) is 16.4. The standard InChI is InChI=1S/C20H18IN3/c1-5-20(3,4)19-23-22-18-15-9-7-6-8-14(15)16-11-13(21)10-12(2)17(16)24(18)19/h7,9-11H,5H2,1-4H3. The Morgan fingerprint density at radius 3 is 2.79 bits per heavy atom. The lowest BCUT2D eigenvalue weighted by Gasteiger charge is -2.21. The molecule has 0 amide bonds. The summed E-state index contributed by atoms with van der Waals surface area (Å²) in [6, 6.07) is 4.43. The minimum absolute atomic E-state index is 0.0416. The van der Waals surface area contributed by atoms with E-state index < -0.39 is 0 Å². The molecule has 120 valence electrons. The van der Waals surface area contributed by atoms with Crippen LogP contribution >= 0.6 is 22.6 Å². The molecule has 0 spiro atoms. The summed E-state index contributed by atoms with van der Waals surface area (Å²) >= 11 is 2.38. The van der Waals surface area contributed by atoms with Crippen molar-refractivity contribution in [3.8, 4) is 0 Å². The van der Waals surface area contributed by atoms with E-state index in [1.54, 1.807) is 0 Å². The number of halogens is 1. The van der Waals surface area contributed by atoms with Crippen molar-refractivity contribution in [1.82, 2.24) is 14.6 Å². The number of pyridine rings is 1. The molecule has 0 N–H and O–H groups in total. The quantitative estimate of drug-likeness (QED) is 0.464. The maximum absolute atomic E-state index is 4.59. The van der Waals surface area contributed by atoms with Crippen LogP contribution < -0.4 is 10.4 Å². The molecule has 24 heavy (non-hydrogen) atoms. The van der Waals surface area contributed by atoms with E-state index in [0.29, 0.717) is 0 Å². The molecule has 3 nitrogen and oxygen atoms in total. The second-order valence-corrected chi connectivity index (χ2v) is 8.18. The minimum Gasteiger partial charge on any atom is -0.278 e. The Morgan fingerprint density at radius 2 is 2.04 bits per heavy atom. The van der Waals surface area contributed by atoms with Gasteiger partial charge >= 0.3 is 0 Å². The Bertz CT molecular complexity index is 1200. The van der Waals surface area contributed by atoms with Crippen LogP contribution in [0.5, 0.6) is 0 Å². The number of allylic oxidation sites excluding steroid dienone is 1. The highest BCUT2D eigenvalue weighted by Gasteiger charge is 2.26. The molecule has 0 fully saturated rings. The van der Waals surface area contributed by atoms with Crippen LogP contribution in [-0.2, 0) is 5.41 Å². The summed E-state index contributed by atoms with van der Waals surface area (Å²) in [6.07, 6.45) is 4.97. The number of rotatable bonds is 2. The first-order valence-electron chi connectivity index (χ1n) is 8.13. The highest BCUT2D eigenvalue weighted by Crippen LogP contribution is 2.28. The maximum Gasteiger partial charge on any atom is 0.169 e. The lowest BCUT2D eigenvalue weighted by Crippen LogP contribution is -2.30. The molecule has 1 aliphatic rings. The SMILES string of the molecule is CCC(C)(C)c1nnc2c3c(c4cc(I)cc(C)c4n12)=C=C=CC=3. The number of benzene rings is 1. The van der Waals surface area contributed by atoms with Gasteiger partial charge in [-0.3, -0.25) is 4.40 Å². The molecular weight excluding hydrogens is 409 g/mol. The monoisotopic (exact) mass is 427 g/mol. The van der Waals surface area contributed by atoms with Crippen LogP contribution in [0.25, 0.3) is 28.4 Å². The average Bonchev–Trinajstić information content (AvgIpc) is 3.00. The molecule has 1 aromatic carbocycles. The summed E-state index contributed by atoms with van der Waals surface area (Å²) < 4.78 is 3.47. The van der Waals surface area contributed by atoms with E-state index in [9.17, 15) is 0 Å². The van der Waals surface area contributed by atoms with Crippen molar-refractivity contribution in [1.29, 1.82) is 0 Å². The second-order valence-electron chi connectivity index (χ2n) is 6.93. The predicted molar refractivity (Wildman–Crippen MR) is 106 cm³/mol. The average molecular weight is 427 g/mol. The molecule has 0 radical (unpaired) electrons. The zero-order valence-electron chi connectivity index (χ0n) is 14.2. The first-order valence-corrected chi connectivity index (χ1v) is 9.21. The molecular formula is C20H18IN3. The van der Waals surface area contributed by atoms with Crippen molar-refractivity contribution < 1.29 is 0 Å². The number of hydrogen-bond donors (Lipinski definition) is 0. The van der Waals surface area contributed by atoms with Crippen LogP contribution in [0, 0.1) is 10.5 Å². The lowest BCUT2D eigenvalue weighted by atomic mass is 9.89. The van der Waals surface area contributed by atoms with Crippen LogP contribution in [0.1, 0.15) is 38.6 Å². The minimum atomic E-state index is -0.0416. The molecule has 3 aromatic rings. The molecule has 4 heteroatoms. The van der Waals surface area contributed by atoms with Crippen LogP contribution in [0.4, 0.5) is 0 Å². The first-order chi connectivity index (χ1) is 11.4. The second kappa shape index (κ2) is 5.32. The fourth-order valence-corrected chi connectivity index (χ4v) is 4.06. The molecule has 0 aliphatic heterocycles. The van der Waals surface area contributed by atoms with Crippen LogP contribution in [0.2, 0.25) is 0 Å². The number of fused-ring (bicyclic) bond motifs is 6. The molecule has 4 rings (SSSR count). The van der Waals surface area contributed by atoms with Gasteiger partial charge in [-0.2, -0.15) is 0 Å². The van der Waals surface area contributed by atoms with Gasteiger partial charge in [0.1, 0.15) is 5.82 Å². The largest absolute Gasteiger partial charge is 0.278 e. The highest BCUT2D eigenvalue weighted by atomic mass is 127. The van der Waals surface area contributed by atoms with Crippen molar-refractivity contribution in [3.05, 3.63) is 49.3 Å². The number of aryl methyl sites for hydroxylation is 1. The van der Waals surface area contributed by atoms with E-state index in [1.165, 1.54) is 20.0 Å². The van der Waals surface area contributed by atoms with Crippen molar-refractivity contribution in [2.45, 2.75) is 39.5 Å². The maximum atomic E-state index is 4.59. The van der Waals surface area contributed by atoms with Crippen molar-refractivity contribution in [3.63, 3.8) is 0 Å². The number of hydrogen-bond acceptors (Lipinski definition) is 2. The third-order valence-corrected chi connectivity index (χ3v) is 5.57. The van der Waals surface area contributed by atoms with Crippen molar-refractivity contribution in [2.75, 3.05) is 0 Å². The molecule has 0 bridgehead atoms. The smallest absolute Gasteiger partial charge is 0.169 e. The Labute approximate surface area is 154 Å². The zero-order chi connectivity index (χ0) is 17.1. The Balaban J connectivity index is 2.40. The molecule has 0 saturated carbocycles. The number of nitrogens with zero attached hydrogens (tertiary/aromatic N) is 3. The van der Waals surface area contributed by atoms with E-state index in [1.807, 2.05) is 6.08 Å². The summed E-state index contributed by atoms with van der Waals surface area (Å²) in [7, 11) is 0. The van der Waals surface area contributed by atoms with Gasteiger partial charge in [0.2, 0.25) is 0 Å². The van der Waals surface area contributed by atoms with Gasteiger partial charge < -0.3 is 0 Å². The molecule has 0 atom stereocenters. The van der Waals surface area contributed by atoms with Gasteiger partial charge in [0.05, 0.1) is 5.52 Å². The van der Waals surface area contributed by atoms with Gasteiger partial charge in [0, 0.05) is 24.8 Å². The normalized spacial score (nSPS) is 13.2. The van der Waals surface area contributed by atoms with Gasteiger partial charge in [-0.25, -0.2) is 0 Å². The van der Waals surface area contributed by atoms with Gasteiger partial charge in [-0.15, -0.1) is 10.2 Å². The molecule has 0 saturated heterocycles. The van der Waals surface area contributed by atoms with Gasteiger partial charge in [0.25, 0.3) is 0 Å². The van der Waals surface area contributed by atoms with Crippen molar-refractivity contribution in [2.24, 2.45) is 0 Å². The Kier molecular flexibility index (Phi) is 3.47. The third-order valence-electron chi connectivity index (χ3n) is 4.95. The van der Waals surface area contributed by atoms with E-state index in [4.69, 9.17) is 0 Å². The van der Waals surface area contributed by atoms with Crippen LogP contribution in [-0.4, -0.2) is 14.6 Å². The lowest BCUT2D eigenvalue weighted by molar-refractivity contribution is 0.470. The van der Waals surface area contributed by atoms with Crippen molar-refractivity contribution >= 4 is 50.9 Å². The summed E-state index contributed by atoms with van der Waals surface area (Å²) in [5.74, 6) is 1.02. The Morgan fingerprint density at radius 1 is 1.25 bits per heavy atom. The molecule has 1 aliphatic carbocycles. The van der Waals surface area contributed by atoms with Gasteiger partial charge in [0.15, 0.2) is 5.65 Å². The molecule has 2 aromatic heterocycles. The molecule has 0 unspecified atom stereocenters. The summed E-state index contributed by atoms with van der Waals surface area (Å²) in [4.78, 5) is 0. The topological polar surface area (TPSA) is 30.2 Å². The van der Waals surface area contributed by atoms with E-state index >= 15 is 0 Å². The third kappa shape index (κ3) is 2.11. The first kappa shape index (κ1) is 15.6. The predicted octanol–water partition coefficient (Wildman–Crippen LogP) is 3.37. The summed E-state index contributed by atoms with van der Waals surface area (Å²) in [5, 5.41) is 12.5. The van der Waals surface area contributed by atoms with Gasteiger partial charge in [-0.1, -0.05) is 32.2 Å². The highest BCUT2D eigenvalue weighted by molar-refractivity contribution is 14.1. The number of aromatic nitrogens is 3. The van der Waals surface area contributed by atoms with E-state index in [2.05, 4.69) is 94.6 Å². The Hall–Kier alpha value is -1.87. The van der Waals surface area contributed by atoms with Gasteiger partial charge in [-0.05, 0) is 65.8 Å². The summed E-state index contributed by atoms with van der Waals surface area (Å²) in [6.45, 7) is 8.81.